The molecule has 0 unspecified atom stereocenters. The summed E-state index contributed by atoms with van der Waals surface area (Å²) in [5.74, 6) is 0.928. The van der Waals surface area contributed by atoms with Crippen molar-refractivity contribution in [2.24, 2.45) is 0 Å². The molecule has 0 saturated heterocycles. The Morgan fingerprint density at radius 1 is 0.974 bits per heavy atom. The van der Waals surface area contributed by atoms with E-state index in [-0.39, 0.29) is 19.0 Å². The number of hydrogen-bond acceptors (Lipinski definition) is 8. The van der Waals surface area contributed by atoms with Crippen LogP contribution in [0.5, 0.6) is 5.75 Å². The van der Waals surface area contributed by atoms with Crippen LogP contribution >= 0.6 is 23.2 Å². The fourth-order valence-electron chi connectivity index (χ4n) is 3.76. The molecule has 194 valence electrons. The van der Waals surface area contributed by atoms with Gasteiger partial charge in [0.1, 0.15) is 17.4 Å². The molecule has 0 amide bonds. The number of aromatic nitrogens is 2. The highest BCUT2D eigenvalue weighted by atomic mass is 35.5. The zero-order chi connectivity index (χ0) is 27.1. The van der Waals surface area contributed by atoms with Crippen molar-refractivity contribution >= 4 is 58.1 Å². The van der Waals surface area contributed by atoms with Crippen LogP contribution in [-0.2, 0) is 13.2 Å². The van der Waals surface area contributed by atoms with Crippen LogP contribution in [0.4, 0.5) is 23.0 Å². The molecule has 0 bridgehead atoms. The molecule has 8 nitrogen and oxygen atoms in total. The number of aliphatic hydroxyl groups excluding tert-OH is 2. The third-order valence-corrected chi connectivity index (χ3v) is 6.46. The van der Waals surface area contributed by atoms with Gasteiger partial charge in [0, 0.05) is 35.3 Å². The Kier molecular flexibility index (Phi) is 8.93. The SMILES string of the molecule is COc1cc(Nc2ncccc2C(=O)/C=C/c2cccnc2Nc2cccc(Cl)c2Cl)cc(CO)c1CO. The Balaban J connectivity index is 1.60. The normalized spacial score (nSPS) is 11.0. The second-order valence-corrected chi connectivity index (χ2v) is 8.81. The van der Waals surface area contributed by atoms with Crippen LogP contribution < -0.4 is 15.4 Å². The van der Waals surface area contributed by atoms with E-state index in [1.807, 2.05) is 6.07 Å². The molecule has 2 aromatic heterocycles. The Hall–Kier alpha value is -3.95. The molecule has 0 aliphatic rings. The number of carbonyl (C=O) groups is 1. The molecule has 38 heavy (non-hydrogen) atoms. The van der Waals surface area contributed by atoms with Gasteiger partial charge in [-0.1, -0.05) is 29.3 Å². The van der Waals surface area contributed by atoms with Gasteiger partial charge in [0.25, 0.3) is 0 Å². The van der Waals surface area contributed by atoms with Crippen molar-refractivity contribution in [1.82, 2.24) is 9.97 Å². The van der Waals surface area contributed by atoms with Crippen LogP contribution in [0.25, 0.3) is 6.08 Å². The molecule has 4 aromatic rings. The molecule has 2 aromatic carbocycles. The standard InChI is InChI=1S/C28H24Cl2N4O4/c1-38-25-14-19(13-18(15-35)21(25)16-36)33-28-20(6-4-12-32-28)24(37)10-9-17-5-3-11-31-27(17)34-23-8-2-7-22(29)26(23)30/h2-14,35-36H,15-16H2,1H3,(H,31,34)(H,32,33)/b10-9+. The predicted molar refractivity (Wildman–Crippen MR) is 150 cm³/mol. The number of anilines is 4. The van der Waals surface area contributed by atoms with Crippen molar-refractivity contribution in [1.29, 1.82) is 0 Å². The number of halogens is 2. The molecule has 0 aliphatic heterocycles. The maximum atomic E-state index is 13.2. The first-order valence-electron chi connectivity index (χ1n) is 11.5. The Morgan fingerprint density at radius 2 is 1.74 bits per heavy atom. The van der Waals surface area contributed by atoms with Crippen LogP contribution in [0.1, 0.15) is 27.0 Å². The summed E-state index contributed by atoms with van der Waals surface area (Å²) in [6, 6.07) is 15.5. The Morgan fingerprint density at radius 3 is 2.47 bits per heavy atom. The minimum atomic E-state index is -0.294. The molecule has 0 saturated carbocycles. The lowest BCUT2D eigenvalue weighted by Gasteiger charge is -2.15. The molecule has 0 atom stereocenters. The number of ether oxygens (including phenoxy) is 1. The predicted octanol–water partition coefficient (Wildman–Crippen LogP) is 6.16. The van der Waals surface area contributed by atoms with Gasteiger partial charge in [-0.25, -0.2) is 9.97 Å². The van der Waals surface area contributed by atoms with E-state index in [4.69, 9.17) is 27.9 Å². The van der Waals surface area contributed by atoms with E-state index in [0.717, 1.165) is 0 Å². The highest BCUT2D eigenvalue weighted by molar-refractivity contribution is 6.43. The smallest absolute Gasteiger partial charge is 0.189 e. The van der Waals surface area contributed by atoms with Crippen LogP contribution in [0, 0.1) is 0 Å². The topological polar surface area (TPSA) is 117 Å². The van der Waals surface area contributed by atoms with Crippen molar-refractivity contribution in [3.8, 4) is 5.75 Å². The summed E-state index contributed by atoms with van der Waals surface area (Å²) >= 11 is 12.4. The number of allylic oxidation sites excluding steroid dienone is 1. The number of pyridine rings is 2. The van der Waals surface area contributed by atoms with E-state index in [1.165, 1.54) is 13.2 Å². The van der Waals surface area contributed by atoms with E-state index < -0.39 is 0 Å². The number of carbonyl (C=O) groups excluding carboxylic acids is 1. The number of rotatable bonds is 10. The average molecular weight is 551 g/mol. The number of ketones is 1. The highest BCUT2D eigenvalue weighted by Gasteiger charge is 2.15. The second-order valence-electron chi connectivity index (χ2n) is 8.02. The zero-order valence-electron chi connectivity index (χ0n) is 20.3. The lowest BCUT2D eigenvalue weighted by atomic mass is 10.1. The largest absolute Gasteiger partial charge is 0.496 e. The lowest BCUT2D eigenvalue weighted by Crippen LogP contribution is -2.05. The molecule has 4 rings (SSSR count). The highest BCUT2D eigenvalue weighted by Crippen LogP contribution is 2.33. The third-order valence-electron chi connectivity index (χ3n) is 5.64. The monoisotopic (exact) mass is 550 g/mol. The first-order chi connectivity index (χ1) is 18.4. The van der Waals surface area contributed by atoms with Gasteiger partial charge >= 0.3 is 0 Å². The van der Waals surface area contributed by atoms with E-state index in [1.54, 1.807) is 67.0 Å². The quantitative estimate of drug-likeness (QED) is 0.137. The summed E-state index contributed by atoms with van der Waals surface area (Å²) in [6.07, 6.45) is 6.27. The van der Waals surface area contributed by atoms with Gasteiger partial charge < -0.3 is 25.6 Å². The molecule has 0 fully saturated rings. The van der Waals surface area contributed by atoms with Gasteiger partial charge in [0.05, 0.1) is 41.6 Å². The summed E-state index contributed by atoms with van der Waals surface area (Å²) in [4.78, 5) is 21.9. The van der Waals surface area contributed by atoms with Crippen molar-refractivity contribution in [3.05, 3.63) is 105 Å². The fourth-order valence-corrected chi connectivity index (χ4v) is 4.11. The lowest BCUT2D eigenvalue weighted by molar-refractivity contribution is 0.104. The van der Waals surface area contributed by atoms with Crippen LogP contribution in [0.2, 0.25) is 10.0 Å². The van der Waals surface area contributed by atoms with Crippen LogP contribution in [-0.4, -0.2) is 33.1 Å². The van der Waals surface area contributed by atoms with E-state index >= 15 is 0 Å². The molecule has 10 heteroatoms. The van der Waals surface area contributed by atoms with Gasteiger partial charge in [-0.05, 0) is 60.2 Å². The summed E-state index contributed by atoms with van der Waals surface area (Å²) in [7, 11) is 1.47. The van der Waals surface area contributed by atoms with Gasteiger partial charge in [0.15, 0.2) is 5.78 Å². The van der Waals surface area contributed by atoms with E-state index in [0.29, 0.717) is 61.1 Å². The fraction of sp³-hybridized carbons (Fsp3) is 0.107. The molecule has 2 heterocycles. The van der Waals surface area contributed by atoms with E-state index in [9.17, 15) is 15.0 Å². The number of nitrogens with zero attached hydrogens (tertiary/aromatic N) is 2. The van der Waals surface area contributed by atoms with Crippen LogP contribution in [0.15, 0.2) is 73.1 Å². The first-order valence-corrected chi connectivity index (χ1v) is 12.2. The summed E-state index contributed by atoms with van der Waals surface area (Å²) < 4.78 is 5.35. The third kappa shape index (κ3) is 6.12. The number of hydrogen-bond donors (Lipinski definition) is 4. The van der Waals surface area contributed by atoms with Crippen molar-refractivity contribution < 1.29 is 19.7 Å². The molecule has 0 aliphatic carbocycles. The van der Waals surface area contributed by atoms with Gasteiger partial charge in [-0.2, -0.15) is 0 Å². The minimum Gasteiger partial charge on any atom is -0.496 e. The summed E-state index contributed by atoms with van der Waals surface area (Å²) in [5, 5.41) is 26.4. The molecule has 0 radical (unpaired) electrons. The molecular formula is C28H24Cl2N4O4. The minimum absolute atomic E-state index is 0.286. The van der Waals surface area contributed by atoms with Gasteiger partial charge in [-0.15, -0.1) is 0 Å². The molecule has 4 N–H and O–H groups in total. The number of nitrogens with one attached hydrogen (secondary N) is 2. The number of benzene rings is 2. The Bertz CT molecular complexity index is 1470. The van der Waals surface area contributed by atoms with Crippen molar-refractivity contribution in [3.63, 3.8) is 0 Å². The van der Waals surface area contributed by atoms with Crippen molar-refractivity contribution in [2.75, 3.05) is 17.7 Å². The molecular weight excluding hydrogens is 527 g/mol. The average Bonchev–Trinajstić information content (AvgIpc) is 2.94. The number of methoxy groups -OCH3 is 1. The summed E-state index contributed by atoms with van der Waals surface area (Å²) in [5.41, 5.74) is 3.10. The van der Waals surface area contributed by atoms with E-state index in [2.05, 4.69) is 20.6 Å². The zero-order valence-corrected chi connectivity index (χ0v) is 21.8. The second kappa shape index (κ2) is 12.5. The molecule has 0 spiro atoms. The number of aliphatic hydroxyl groups is 2. The first kappa shape index (κ1) is 27.1. The maximum Gasteiger partial charge on any atom is 0.189 e. The Labute approximate surface area is 229 Å². The van der Waals surface area contributed by atoms with Crippen molar-refractivity contribution in [2.45, 2.75) is 13.2 Å². The summed E-state index contributed by atoms with van der Waals surface area (Å²) in [6.45, 7) is -0.577. The van der Waals surface area contributed by atoms with Gasteiger partial charge in [-0.3, -0.25) is 4.79 Å². The van der Waals surface area contributed by atoms with Gasteiger partial charge in [0.2, 0.25) is 0 Å². The van der Waals surface area contributed by atoms with Crippen LogP contribution in [0.3, 0.4) is 0 Å². The maximum absolute atomic E-state index is 13.2.